The normalized spacial score (nSPS) is 10.3. The Morgan fingerprint density at radius 1 is 0.964 bits per heavy atom. The van der Waals surface area contributed by atoms with Crippen LogP contribution in [-0.4, -0.2) is 21.5 Å². The number of nitrogens with zero attached hydrogens (tertiary/aromatic N) is 1. The van der Waals surface area contributed by atoms with Gasteiger partial charge in [-0.05, 0) is 48.9 Å². The number of phenols is 1. The summed E-state index contributed by atoms with van der Waals surface area (Å²) in [5, 5.41) is 14.8. The van der Waals surface area contributed by atoms with E-state index < -0.39 is 0 Å². The Bertz CT molecular complexity index is 1070. The van der Waals surface area contributed by atoms with Crippen LogP contribution in [0.3, 0.4) is 0 Å². The monoisotopic (exact) mass is 377 g/mol. The van der Waals surface area contributed by atoms with Gasteiger partial charge in [-0.1, -0.05) is 12.1 Å². The molecule has 0 spiro atoms. The Labute approximate surface area is 161 Å². The fraction of sp³-hybridized carbons (Fsp3) is 0.0952. The molecule has 0 saturated carbocycles. The molecule has 3 rings (SSSR count). The molecule has 0 aliphatic carbocycles. The summed E-state index contributed by atoms with van der Waals surface area (Å²) in [5.41, 5.74) is 2.02. The maximum absolute atomic E-state index is 12.3. The highest BCUT2D eigenvalue weighted by Crippen LogP contribution is 2.17. The predicted octanol–water partition coefficient (Wildman–Crippen LogP) is 2.75. The predicted molar refractivity (Wildman–Crippen MR) is 107 cm³/mol. The third kappa shape index (κ3) is 4.85. The Morgan fingerprint density at radius 3 is 2.43 bits per heavy atom. The summed E-state index contributed by atoms with van der Waals surface area (Å²) >= 11 is 0. The second-order valence-corrected chi connectivity index (χ2v) is 6.30. The van der Waals surface area contributed by atoms with Crippen LogP contribution in [0.2, 0.25) is 0 Å². The van der Waals surface area contributed by atoms with Crippen molar-refractivity contribution in [2.24, 2.45) is 0 Å². The lowest BCUT2D eigenvalue weighted by atomic mass is 10.2. The molecule has 142 valence electrons. The average molecular weight is 377 g/mol. The molecule has 0 aliphatic heterocycles. The fourth-order valence-corrected chi connectivity index (χ4v) is 2.62. The lowest BCUT2D eigenvalue weighted by Gasteiger charge is -2.09. The van der Waals surface area contributed by atoms with Gasteiger partial charge in [0.1, 0.15) is 12.3 Å². The summed E-state index contributed by atoms with van der Waals surface area (Å²) in [6.07, 6.45) is 1.62. The molecule has 3 aromatic rings. The quantitative estimate of drug-likeness (QED) is 0.636. The number of aryl methyl sites for hydroxylation is 1. The minimum absolute atomic E-state index is 0.0589. The van der Waals surface area contributed by atoms with E-state index in [1.54, 1.807) is 48.7 Å². The van der Waals surface area contributed by atoms with Crippen LogP contribution in [0.4, 0.5) is 11.4 Å². The minimum Gasteiger partial charge on any atom is -0.508 e. The summed E-state index contributed by atoms with van der Waals surface area (Å²) in [6, 6.07) is 15.7. The van der Waals surface area contributed by atoms with Crippen LogP contribution in [-0.2, 0) is 11.3 Å². The van der Waals surface area contributed by atoms with Gasteiger partial charge in [0.05, 0.1) is 0 Å². The van der Waals surface area contributed by atoms with Crippen molar-refractivity contribution in [2.45, 2.75) is 13.5 Å². The van der Waals surface area contributed by atoms with E-state index in [9.17, 15) is 19.5 Å². The van der Waals surface area contributed by atoms with Gasteiger partial charge in [0.15, 0.2) is 0 Å². The lowest BCUT2D eigenvalue weighted by Crippen LogP contribution is -2.26. The van der Waals surface area contributed by atoms with Crippen molar-refractivity contribution in [2.75, 3.05) is 10.6 Å². The molecule has 1 heterocycles. The number of amides is 2. The molecular weight excluding hydrogens is 358 g/mol. The topological polar surface area (TPSA) is 100 Å². The van der Waals surface area contributed by atoms with Gasteiger partial charge >= 0.3 is 0 Å². The average Bonchev–Trinajstić information content (AvgIpc) is 2.65. The molecule has 0 radical (unpaired) electrons. The SMILES string of the molecule is Cc1ccc(=O)n(CC(=O)Nc2ccc(C(=O)Nc3cccc(O)c3)cc2)c1. The molecule has 1 aromatic heterocycles. The van der Waals surface area contributed by atoms with E-state index in [0.29, 0.717) is 16.9 Å². The molecule has 2 aromatic carbocycles. The summed E-state index contributed by atoms with van der Waals surface area (Å²) in [7, 11) is 0. The van der Waals surface area contributed by atoms with E-state index in [2.05, 4.69) is 10.6 Å². The molecule has 0 bridgehead atoms. The third-order valence-corrected chi connectivity index (χ3v) is 3.98. The molecule has 0 saturated heterocycles. The Kier molecular flexibility index (Phi) is 5.55. The molecule has 0 atom stereocenters. The molecule has 0 fully saturated rings. The summed E-state index contributed by atoms with van der Waals surface area (Å²) in [5.74, 6) is -0.622. The van der Waals surface area contributed by atoms with Crippen molar-refractivity contribution in [1.29, 1.82) is 0 Å². The lowest BCUT2D eigenvalue weighted by molar-refractivity contribution is -0.116. The van der Waals surface area contributed by atoms with Gasteiger partial charge in [0.2, 0.25) is 5.91 Å². The molecule has 7 nitrogen and oxygen atoms in total. The van der Waals surface area contributed by atoms with Crippen LogP contribution in [0.1, 0.15) is 15.9 Å². The second-order valence-electron chi connectivity index (χ2n) is 6.30. The first-order chi connectivity index (χ1) is 13.4. The zero-order valence-corrected chi connectivity index (χ0v) is 15.2. The van der Waals surface area contributed by atoms with E-state index in [4.69, 9.17) is 0 Å². The third-order valence-electron chi connectivity index (χ3n) is 3.98. The smallest absolute Gasteiger partial charge is 0.255 e. The number of pyridine rings is 1. The van der Waals surface area contributed by atoms with E-state index in [0.717, 1.165) is 5.56 Å². The standard InChI is InChI=1S/C21H19N3O4/c1-14-5-10-20(27)24(12-14)13-19(26)22-16-8-6-15(7-9-16)21(28)23-17-3-2-4-18(25)11-17/h2-12,25H,13H2,1H3,(H,22,26)(H,23,28). The zero-order chi connectivity index (χ0) is 20.1. The minimum atomic E-state index is -0.343. The van der Waals surface area contributed by atoms with Gasteiger partial charge in [-0.3, -0.25) is 14.4 Å². The van der Waals surface area contributed by atoms with Gasteiger partial charge in [-0.15, -0.1) is 0 Å². The Morgan fingerprint density at radius 2 is 1.71 bits per heavy atom. The van der Waals surface area contributed by atoms with Crippen molar-refractivity contribution >= 4 is 23.2 Å². The Hall–Kier alpha value is -3.87. The zero-order valence-electron chi connectivity index (χ0n) is 15.2. The largest absolute Gasteiger partial charge is 0.508 e. The number of anilines is 2. The van der Waals surface area contributed by atoms with Crippen molar-refractivity contribution in [3.05, 3.63) is 88.3 Å². The maximum atomic E-state index is 12.3. The number of aromatic hydroxyl groups is 1. The summed E-state index contributed by atoms with van der Waals surface area (Å²) in [4.78, 5) is 36.2. The van der Waals surface area contributed by atoms with Crippen LogP contribution in [0.15, 0.2) is 71.7 Å². The number of hydrogen-bond acceptors (Lipinski definition) is 4. The van der Waals surface area contributed by atoms with Gasteiger partial charge in [-0.2, -0.15) is 0 Å². The van der Waals surface area contributed by atoms with Gasteiger partial charge < -0.3 is 20.3 Å². The van der Waals surface area contributed by atoms with Crippen molar-refractivity contribution < 1.29 is 14.7 Å². The van der Waals surface area contributed by atoms with Gasteiger partial charge in [-0.25, -0.2) is 0 Å². The molecule has 2 amide bonds. The number of carbonyl (C=O) groups is 2. The van der Waals surface area contributed by atoms with Crippen LogP contribution in [0.25, 0.3) is 0 Å². The summed E-state index contributed by atoms with van der Waals surface area (Å²) in [6.45, 7) is 1.74. The van der Waals surface area contributed by atoms with Gasteiger partial charge in [0.25, 0.3) is 11.5 Å². The molecule has 28 heavy (non-hydrogen) atoms. The molecule has 0 unspecified atom stereocenters. The number of nitrogens with one attached hydrogen (secondary N) is 2. The number of benzene rings is 2. The first-order valence-electron chi connectivity index (χ1n) is 8.58. The first-order valence-corrected chi connectivity index (χ1v) is 8.58. The maximum Gasteiger partial charge on any atom is 0.255 e. The molecule has 7 heteroatoms. The van der Waals surface area contributed by atoms with Crippen LogP contribution < -0.4 is 16.2 Å². The Balaban J connectivity index is 1.62. The van der Waals surface area contributed by atoms with E-state index in [1.807, 2.05) is 6.92 Å². The molecule has 3 N–H and O–H groups in total. The van der Waals surface area contributed by atoms with Crippen molar-refractivity contribution in [3.8, 4) is 5.75 Å². The highest BCUT2D eigenvalue weighted by atomic mass is 16.3. The van der Waals surface area contributed by atoms with Crippen molar-refractivity contribution in [1.82, 2.24) is 4.57 Å². The summed E-state index contributed by atoms with van der Waals surface area (Å²) < 4.78 is 1.34. The molecular formula is C21H19N3O4. The first kappa shape index (κ1) is 18.9. The van der Waals surface area contributed by atoms with E-state index in [-0.39, 0.29) is 29.7 Å². The van der Waals surface area contributed by atoms with Crippen LogP contribution in [0.5, 0.6) is 5.75 Å². The number of hydrogen-bond donors (Lipinski definition) is 3. The van der Waals surface area contributed by atoms with Crippen LogP contribution in [0, 0.1) is 6.92 Å². The highest BCUT2D eigenvalue weighted by Gasteiger charge is 2.09. The van der Waals surface area contributed by atoms with E-state index >= 15 is 0 Å². The highest BCUT2D eigenvalue weighted by molar-refractivity contribution is 6.04. The van der Waals surface area contributed by atoms with E-state index in [1.165, 1.54) is 22.8 Å². The molecule has 0 aliphatic rings. The number of carbonyl (C=O) groups excluding carboxylic acids is 2. The fourth-order valence-electron chi connectivity index (χ4n) is 2.62. The van der Waals surface area contributed by atoms with Gasteiger partial charge in [0, 0.05) is 35.3 Å². The number of phenolic OH excluding ortho intramolecular Hbond substituents is 1. The number of aromatic nitrogens is 1. The number of rotatable bonds is 5. The second kappa shape index (κ2) is 8.22. The van der Waals surface area contributed by atoms with Crippen molar-refractivity contribution in [3.63, 3.8) is 0 Å². The van der Waals surface area contributed by atoms with Crippen LogP contribution >= 0.6 is 0 Å².